The van der Waals surface area contributed by atoms with Crippen molar-refractivity contribution >= 4 is 32.4 Å². The second kappa shape index (κ2) is 6.52. The van der Waals surface area contributed by atoms with Gasteiger partial charge in [-0.3, -0.25) is 10.1 Å². The van der Waals surface area contributed by atoms with Crippen molar-refractivity contribution in [1.29, 1.82) is 0 Å². The molecule has 0 aliphatic heterocycles. The number of pyridine rings is 1. The van der Waals surface area contributed by atoms with Gasteiger partial charge in [0.1, 0.15) is 6.20 Å². The van der Waals surface area contributed by atoms with Gasteiger partial charge >= 0.3 is 5.97 Å². The maximum Gasteiger partial charge on any atom is 0.338 e. The van der Waals surface area contributed by atoms with Crippen LogP contribution in [0.3, 0.4) is 0 Å². The molecule has 0 unspecified atom stereocenters. The van der Waals surface area contributed by atoms with Crippen molar-refractivity contribution in [1.82, 2.24) is 4.98 Å². The summed E-state index contributed by atoms with van der Waals surface area (Å²) in [6, 6.07) is 11.3. The molecule has 3 aromatic rings. The summed E-state index contributed by atoms with van der Waals surface area (Å²) in [5.74, 6) is -0.749. The van der Waals surface area contributed by atoms with E-state index in [2.05, 4.69) is 9.72 Å². The number of hydrogen-bond donors (Lipinski definition) is 0. The van der Waals surface area contributed by atoms with Crippen LogP contribution >= 0.6 is 0 Å². The molecule has 8 nitrogen and oxygen atoms in total. The van der Waals surface area contributed by atoms with Crippen LogP contribution in [0.2, 0.25) is 0 Å². The van der Waals surface area contributed by atoms with Gasteiger partial charge in [-0.1, -0.05) is 18.2 Å². The summed E-state index contributed by atoms with van der Waals surface area (Å²) in [6.07, 6.45) is 0.952. The molecular weight excluding hydrogens is 360 g/mol. The lowest BCUT2D eigenvalue weighted by molar-refractivity contribution is -0.385. The minimum atomic E-state index is -3.93. The third-order valence-electron chi connectivity index (χ3n) is 3.76. The van der Waals surface area contributed by atoms with Gasteiger partial charge in [-0.2, -0.15) is 0 Å². The van der Waals surface area contributed by atoms with Crippen molar-refractivity contribution in [2.45, 2.75) is 9.79 Å². The summed E-state index contributed by atoms with van der Waals surface area (Å²) < 4.78 is 30.5. The Kier molecular flexibility index (Phi) is 4.39. The summed E-state index contributed by atoms with van der Waals surface area (Å²) in [6.45, 7) is 0. The van der Waals surface area contributed by atoms with Crippen molar-refractivity contribution in [3.05, 3.63) is 70.4 Å². The van der Waals surface area contributed by atoms with Gasteiger partial charge in [0.15, 0.2) is 0 Å². The van der Waals surface area contributed by atoms with Crippen LogP contribution in [0.4, 0.5) is 5.69 Å². The first-order valence-corrected chi connectivity index (χ1v) is 8.80. The minimum Gasteiger partial charge on any atom is -0.465 e. The standard InChI is InChI=1S/C17H12N2O6S/c1-25-17(20)13-7-8-15(26(23,24)12-5-3-2-4-6-12)16-14(13)9-11(10-18-16)19(21)22/h2-10H,1H3. The van der Waals surface area contributed by atoms with Gasteiger partial charge in [-0.15, -0.1) is 0 Å². The maximum absolute atomic E-state index is 12.9. The Labute approximate surface area is 148 Å². The monoisotopic (exact) mass is 372 g/mol. The summed E-state index contributed by atoms with van der Waals surface area (Å²) >= 11 is 0. The molecule has 0 saturated heterocycles. The number of hydrogen-bond acceptors (Lipinski definition) is 7. The van der Waals surface area contributed by atoms with E-state index in [1.54, 1.807) is 18.2 Å². The molecule has 3 rings (SSSR count). The fourth-order valence-corrected chi connectivity index (χ4v) is 3.95. The molecule has 9 heteroatoms. The molecule has 0 N–H and O–H groups in total. The Balaban J connectivity index is 2.35. The van der Waals surface area contributed by atoms with Gasteiger partial charge < -0.3 is 4.74 Å². The summed E-state index contributed by atoms with van der Waals surface area (Å²) in [5.41, 5.74) is -0.412. The Morgan fingerprint density at radius 1 is 1.15 bits per heavy atom. The predicted octanol–water partition coefficient (Wildman–Crippen LogP) is 2.76. The van der Waals surface area contributed by atoms with E-state index < -0.39 is 20.7 Å². The van der Waals surface area contributed by atoms with Crippen LogP contribution in [0.1, 0.15) is 10.4 Å². The average molecular weight is 372 g/mol. The number of rotatable bonds is 4. The normalized spacial score (nSPS) is 11.3. The third kappa shape index (κ3) is 2.88. The maximum atomic E-state index is 12.9. The fourth-order valence-electron chi connectivity index (χ4n) is 2.51. The first-order chi connectivity index (χ1) is 12.4. The van der Waals surface area contributed by atoms with Crippen LogP contribution in [0, 0.1) is 10.1 Å². The van der Waals surface area contributed by atoms with Crippen LogP contribution in [-0.4, -0.2) is 31.4 Å². The number of nitro groups is 1. The average Bonchev–Trinajstić information content (AvgIpc) is 2.66. The number of ether oxygens (including phenoxy) is 1. The molecule has 2 aromatic carbocycles. The second-order valence-corrected chi connectivity index (χ2v) is 7.18. The van der Waals surface area contributed by atoms with Gasteiger partial charge in [0.2, 0.25) is 9.84 Å². The predicted molar refractivity (Wildman–Crippen MR) is 91.6 cm³/mol. The number of carbonyl (C=O) groups excluding carboxylic acids is 1. The van der Waals surface area contributed by atoms with Crippen LogP contribution in [-0.2, 0) is 14.6 Å². The van der Waals surface area contributed by atoms with Crippen LogP contribution in [0.5, 0.6) is 0 Å². The van der Waals surface area contributed by atoms with Crippen LogP contribution < -0.4 is 0 Å². The van der Waals surface area contributed by atoms with E-state index in [4.69, 9.17) is 0 Å². The highest BCUT2D eigenvalue weighted by Gasteiger charge is 2.25. The van der Waals surface area contributed by atoms with Crippen molar-refractivity contribution < 1.29 is 22.9 Å². The van der Waals surface area contributed by atoms with Gasteiger partial charge in [-0.05, 0) is 24.3 Å². The SMILES string of the molecule is COC(=O)c1ccc(S(=O)(=O)c2ccccc2)c2ncc([N+](=O)[O-])cc12. The highest BCUT2D eigenvalue weighted by Crippen LogP contribution is 2.31. The Morgan fingerprint density at radius 2 is 1.85 bits per heavy atom. The molecule has 0 amide bonds. The number of carbonyl (C=O) groups is 1. The van der Waals surface area contributed by atoms with Crippen molar-refractivity contribution in [2.24, 2.45) is 0 Å². The van der Waals surface area contributed by atoms with E-state index in [0.29, 0.717) is 0 Å². The van der Waals surface area contributed by atoms with E-state index in [1.165, 1.54) is 24.3 Å². The molecule has 0 saturated carbocycles. The molecule has 0 spiro atoms. The quantitative estimate of drug-likeness (QED) is 0.393. The molecule has 1 aromatic heterocycles. The van der Waals surface area contributed by atoms with E-state index in [0.717, 1.165) is 19.4 Å². The lowest BCUT2D eigenvalue weighted by Crippen LogP contribution is -2.08. The molecule has 26 heavy (non-hydrogen) atoms. The number of fused-ring (bicyclic) bond motifs is 1. The van der Waals surface area contributed by atoms with E-state index in [9.17, 15) is 23.3 Å². The number of sulfone groups is 1. The molecule has 132 valence electrons. The van der Waals surface area contributed by atoms with E-state index >= 15 is 0 Å². The Morgan fingerprint density at radius 3 is 2.46 bits per heavy atom. The topological polar surface area (TPSA) is 116 Å². The Bertz CT molecular complexity index is 1130. The number of esters is 1. The first-order valence-electron chi connectivity index (χ1n) is 7.32. The van der Waals surface area contributed by atoms with Crippen molar-refractivity contribution in [3.8, 4) is 0 Å². The zero-order chi connectivity index (χ0) is 18.9. The molecule has 0 atom stereocenters. The fraction of sp³-hybridized carbons (Fsp3) is 0.0588. The first kappa shape index (κ1) is 17.5. The smallest absolute Gasteiger partial charge is 0.338 e. The Hall–Kier alpha value is -3.33. The highest BCUT2D eigenvalue weighted by atomic mass is 32.2. The summed E-state index contributed by atoms with van der Waals surface area (Å²) in [5, 5.41) is 11.1. The van der Waals surface area contributed by atoms with Gasteiger partial charge in [0.25, 0.3) is 5.69 Å². The van der Waals surface area contributed by atoms with Gasteiger partial charge in [-0.25, -0.2) is 18.2 Å². The third-order valence-corrected chi connectivity index (χ3v) is 5.56. The molecule has 0 fully saturated rings. The number of benzene rings is 2. The summed E-state index contributed by atoms with van der Waals surface area (Å²) in [4.78, 5) is 26.2. The second-order valence-electron chi connectivity index (χ2n) is 5.27. The van der Waals surface area contributed by atoms with Crippen molar-refractivity contribution in [3.63, 3.8) is 0 Å². The van der Waals surface area contributed by atoms with E-state index in [-0.39, 0.29) is 31.9 Å². The number of methoxy groups -OCH3 is 1. The number of aromatic nitrogens is 1. The van der Waals surface area contributed by atoms with Crippen molar-refractivity contribution in [2.75, 3.05) is 7.11 Å². The largest absolute Gasteiger partial charge is 0.465 e. The highest BCUT2D eigenvalue weighted by molar-refractivity contribution is 7.91. The van der Waals surface area contributed by atoms with E-state index in [1.807, 2.05) is 0 Å². The molecule has 0 aliphatic carbocycles. The number of nitrogens with zero attached hydrogens (tertiary/aromatic N) is 2. The molecule has 0 aliphatic rings. The zero-order valence-corrected chi connectivity index (χ0v) is 14.3. The van der Waals surface area contributed by atoms with Gasteiger partial charge in [0, 0.05) is 11.5 Å². The molecule has 0 bridgehead atoms. The van der Waals surface area contributed by atoms with Crippen LogP contribution in [0.25, 0.3) is 10.9 Å². The zero-order valence-electron chi connectivity index (χ0n) is 13.4. The van der Waals surface area contributed by atoms with Crippen LogP contribution in [0.15, 0.2) is 64.5 Å². The lowest BCUT2D eigenvalue weighted by atomic mass is 10.1. The molecule has 0 radical (unpaired) electrons. The lowest BCUT2D eigenvalue weighted by Gasteiger charge is -2.10. The van der Waals surface area contributed by atoms with Gasteiger partial charge in [0.05, 0.1) is 32.9 Å². The molecule has 1 heterocycles. The molecular formula is C17H12N2O6S. The minimum absolute atomic E-state index is 0.00860. The summed E-state index contributed by atoms with van der Waals surface area (Å²) in [7, 11) is -2.77.